The molecule has 0 aliphatic carbocycles. The van der Waals surface area contributed by atoms with Crippen molar-refractivity contribution in [3.8, 4) is 0 Å². The number of carbonyl (C=O) groups excluding carboxylic acids is 2. The standard InChI is InChI=1S/C13H16O2.2C7H6O2.2Hg/c1-10-8-13(14,9-11(2)15-10)12-6-4-3-5-7-12;2*8-7(9)6-4-2-1-3-5-6;;/h3-7,10-11,14H,1-2,8-9H2;2*1-5H,(H,8,9);;/q;;;2*+1/p-2. The summed E-state index contributed by atoms with van der Waals surface area (Å²) in [5.74, 6) is -0.551. The number of hydrogen-bond donors (Lipinski definition) is 1. The molecule has 8 heteroatoms. The number of aliphatic hydroxyl groups is 1. The molecule has 174 valence electrons. The molecular formula is C27H26Hg2O6. The number of ether oxygens (including phenoxy) is 1. The van der Waals surface area contributed by atoms with Crippen LogP contribution >= 0.6 is 0 Å². The third-order valence-corrected chi connectivity index (χ3v) is 16.7. The van der Waals surface area contributed by atoms with E-state index in [2.05, 4.69) is 0 Å². The molecule has 3 aromatic rings. The summed E-state index contributed by atoms with van der Waals surface area (Å²) in [5.41, 5.74) is 0.981. The van der Waals surface area contributed by atoms with Gasteiger partial charge in [-0.25, -0.2) is 0 Å². The van der Waals surface area contributed by atoms with Crippen LogP contribution in [0, 0.1) is 0 Å². The zero-order chi connectivity index (χ0) is 24.5. The van der Waals surface area contributed by atoms with E-state index in [1.165, 1.54) is 0 Å². The van der Waals surface area contributed by atoms with E-state index in [-0.39, 0.29) is 24.1 Å². The van der Waals surface area contributed by atoms with Crippen molar-refractivity contribution >= 4 is 11.9 Å². The molecule has 1 N–H and O–H groups in total. The zero-order valence-corrected chi connectivity index (χ0v) is 30.5. The molecule has 1 saturated heterocycles. The van der Waals surface area contributed by atoms with E-state index >= 15 is 0 Å². The van der Waals surface area contributed by atoms with Gasteiger partial charge in [0.25, 0.3) is 0 Å². The summed E-state index contributed by atoms with van der Waals surface area (Å²) in [5, 5.41) is 11.6. The van der Waals surface area contributed by atoms with Crippen molar-refractivity contribution in [2.75, 3.05) is 0 Å². The van der Waals surface area contributed by atoms with Gasteiger partial charge in [-0.3, -0.25) is 0 Å². The van der Waals surface area contributed by atoms with Gasteiger partial charge in [0.15, 0.2) is 0 Å². The van der Waals surface area contributed by atoms with Crippen LogP contribution in [0.25, 0.3) is 0 Å². The topological polar surface area (TPSA) is 82.1 Å². The Bertz CT molecular complexity index is 1030. The molecule has 0 bridgehead atoms. The Balaban J connectivity index is 1.36. The summed E-state index contributed by atoms with van der Waals surface area (Å²) >= 11 is -4.06. The second-order valence-electron chi connectivity index (χ2n) is 8.77. The first-order chi connectivity index (χ1) is 17.0. The number of hydrogen-bond acceptors (Lipinski definition) is 6. The van der Waals surface area contributed by atoms with Crippen molar-refractivity contribution in [3.05, 3.63) is 108 Å². The molecule has 3 aromatic carbocycles. The van der Waals surface area contributed by atoms with Crippen LogP contribution in [-0.4, -0.2) is 29.3 Å². The monoisotopic (exact) mass is 850 g/mol. The molecule has 0 spiro atoms. The average molecular weight is 848 g/mol. The fraction of sp³-hybridized carbons (Fsp3) is 0.259. The quantitative estimate of drug-likeness (QED) is 0.307. The van der Waals surface area contributed by atoms with E-state index in [0.717, 1.165) is 5.56 Å². The van der Waals surface area contributed by atoms with Gasteiger partial charge >= 0.3 is 233 Å². The first-order valence-corrected chi connectivity index (χ1v) is 24.2. The third-order valence-electron chi connectivity index (χ3n) is 6.19. The van der Waals surface area contributed by atoms with Crippen LogP contribution < -0.4 is 0 Å². The van der Waals surface area contributed by atoms with Crippen molar-refractivity contribution in [2.24, 2.45) is 0 Å². The van der Waals surface area contributed by atoms with E-state index in [1.54, 1.807) is 24.3 Å². The first kappa shape index (κ1) is 26.5. The van der Waals surface area contributed by atoms with Gasteiger partial charge in [-0.15, -0.1) is 0 Å². The Morgan fingerprint density at radius 3 is 1.57 bits per heavy atom. The molecule has 1 aliphatic heterocycles. The van der Waals surface area contributed by atoms with E-state index in [4.69, 9.17) is 10.0 Å². The van der Waals surface area contributed by atoms with Crippen LogP contribution in [0.3, 0.4) is 0 Å². The summed E-state index contributed by atoms with van der Waals surface area (Å²) < 4.78 is 19.1. The van der Waals surface area contributed by atoms with Crippen molar-refractivity contribution in [1.29, 1.82) is 0 Å². The van der Waals surface area contributed by atoms with Gasteiger partial charge in [-0.2, -0.15) is 0 Å². The fourth-order valence-electron chi connectivity index (χ4n) is 4.41. The zero-order valence-electron chi connectivity index (χ0n) is 19.5. The summed E-state index contributed by atoms with van der Waals surface area (Å²) in [6, 6.07) is 27.7. The van der Waals surface area contributed by atoms with Crippen LogP contribution in [-0.2, 0) is 65.7 Å². The van der Waals surface area contributed by atoms with Crippen LogP contribution in [0.4, 0.5) is 0 Å². The molecular weight excluding hydrogens is 821 g/mol. The van der Waals surface area contributed by atoms with Gasteiger partial charge in [-0.1, -0.05) is 0 Å². The molecule has 1 heterocycles. The maximum absolute atomic E-state index is 12.3. The molecule has 0 amide bonds. The van der Waals surface area contributed by atoms with E-state index in [0.29, 0.717) is 31.8 Å². The van der Waals surface area contributed by atoms with Crippen molar-refractivity contribution in [2.45, 2.75) is 38.5 Å². The Morgan fingerprint density at radius 2 is 1.14 bits per heavy atom. The summed E-state index contributed by atoms with van der Waals surface area (Å²) in [4.78, 5) is 24.7. The molecule has 2 unspecified atom stereocenters. The van der Waals surface area contributed by atoms with Crippen molar-refractivity contribution < 1.29 is 74.8 Å². The van der Waals surface area contributed by atoms with E-state index in [1.807, 2.05) is 66.7 Å². The fourth-order valence-corrected chi connectivity index (χ4v) is 12.8. The molecule has 0 saturated carbocycles. The van der Waals surface area contributed by atoms with Gasteiger partial charge in [0.05, 0.1) is 0 Å². The van der Waals surface area contributed by atoms with Crippen LogP contribution in [0.2, 0.25) is 7.86 Å². The van der Waals surface area contributed by atoms with Gasteiger partial charge in [0.2, 0.25) is 0 Å². The van der Waals surface area contributed by atoms with Crippen LogP contribution in [0.15, 0.2) is 91.0 Å². The average Bonchev–Trinajstić information content (AvgIpc) is 2.90. The second-order valence-corrected chi connectivity index (χ2v) is 18.7. The Kier molecular flexibility index (Phi) is 9.89. The third kappa shape index (κ3) is 7.69. The van der Waals surface area contributed by atoms with E-state index in [9.17, 15) is 14.7 Å². The summed E-state index contributed by atoms with van der Waals surface area (Å²) in [6.45, 7) is 0. The Labute approximate surface area is 231 Å². The molecule has 6 nitrogen and oxygen atoms in total. The predicted octanol–water partition coefficient (Wildman–Crippen LogP) is 4.97. The maximum atomic E-state index is 12.3. The second kappa shape index (κ2) is 13.1. The molecule has 4 rings (SSSR count). The van der Waals surface area contributed by atoms with Gasteiger partial charge in [-0.05, 0) is 0 Å². The predicted molar refractivity (Wildman–Crippen MR) is 122 cm³/mol. The van der Waals surface area contributed by atoms with Crippen molar-refractivity contribution in [1.82, 2.24) is 0 Å². The molecule has 0 aromatic heterocycles. The van der Waals surface area contributed by atoms with Gasteiger partial charge in [0.1, 0.15) is 0 Å². The Morgan fingerprint density at radius 1 is 0.743 bits per heavy atom. The van der Waals surface area contributed by atoms with Gasteiger partial charge < -0.3 is 0 Å². The summed E-state index contributed by atoms with van der Waals surface area (Å²) in [6.07, 6.45) is 0.582. The first-order valence-electron chi connectivity index (χ1n) is 11.9. The summed E-state index contributed by atoms with van der Waals surface area (Å²) in [7, 11) is 0. The molecule has 1 aliphatic rings. The van der Waals surface area contributed by atoms with Crippen LogP contribution in [0.1, 0.15) is 39.1 Å². The molecule has 0 radical (unpaired) electrons. The molecule has 35 heavy (non-hydrogen) atoms. The minimum absolute atomic E-state index is 0.178. The Hall–Kier alpha value is -1.61. The van der Waals surface area contributed by atoms with Crippen LogP contribution in [0.5, 0.6) is 0 Å². The van der Waals surface area contributed by atoms with Gasteiger partial charge in [0, 0.05) is 0 Å². The normalized spacial score (nSPS) is 21.3. The van der Waals surface area contributed by atoms with E-state index < -0.39 is 55.7 Å². The molecule has 1 fully saturated rings. The minimum atomic E-state index is -2.03. The number of benzene rings is 3. The molecule has 2 atom stereocenters. The number of rotatable bonds is 9. The SMILES string of the molecule is O=C([O][Hg][CH2]C1CC(O)(c2ccccc2)CC([CH2][Hg][O]C(=O)c2ccccc2)O1)c1ccccc1. The number of carbonyl (C=O) groups is 2. The van der Waals surface area contributed by atoms with Crippen molar-refractivity contribution in [3.63, 3.8) is 0 Å².